The molecule has 1 aliphatic rings. The molecular weight excluding hydrogens is 234 g/mol. The van der Waals surface area contributed by atoms with E-state index in [1.807, 2.05) is 0 Å². The molecule has 1 aromatic carbocycles. The summed E-state index contributed by atoms with van der Waals surface area (Å²) >= 11 is 0. The molecule has 0 spiro atoms. The molecule has 0 amide bonds. The van der Waals surface area contributed by atoms with Gasteiger partial charge in [0.25, 0.3) is 5.69 Å². The number of nitro benzene ring substituents is 1. The first-order chi connectivity index (χ1) is 8.75. The third kappa shape index (κ3) is 1.74. The molecule has 3 rings (SSSR count). The van der Waals surface area contributed by atoms with Crippen molar-refractivity contribution < 1.29 is 4.92 Å². The van der Waals surface area contributed by atoms with Crippen LogP contribution in [0.2, 0.25) is 0 Å². The Morgan fingerprint density at radius 3 is 2.83 bits per heavy atom. The van der Waals surface area contributed by atoms with Gasteiger partial charge in [0.2, 0.25) is 0 Å². The Morgan fingerprint density at radius 2 is 2.17 bits per heavy atom. The molecule has 0 aliphatic carbocycles. The van der Waals surface area contributed by atoms with E-state index >= 15 is 0 Å². The predicted molar refractivity (Wildman–Crippen MR) is 64.0 cm³/mol. The fraction of sp³-hybridized carbons (Fsp3) is 0.273. The van der Waals surface area contributed by atoms with Gasteiger partial charge in [-0.3, -0.25) is 10.1 Å². The van der Waals surface area contributed by atoms with E-state index in [9.17, 15) is 10.1 Å². The Hall–Kier alpha value is -2.28. The summed E-state index contributed by atoms with van der Waals surface area (Å²) in [6, 6.07) is 6.85. The van der Waals surface area contributed by atoms with E-state index in [0.29, 0.717) is 17.3 Å². The highest BCUT2D eigenvalue weighted by molar-refractivity contribution is 5.69. The van der Waals surface area contributed by atoms with Crippen molar-refractivity contribution in [2.75, 3.05) is 13.1 Å². The van der Waals surface area contributed by atoms with Crippen molar-refractivity contribution in [3.63, 3.8) is 0 Å². The van der Waals surface area contributed by atoms with Crippen LogP contribution in [0.5, 0.6) is 0 Å². The first kappa shape index (κ1) is 10.8. The van der Waals surface area contributed by atoms with Gasteiger partial charge in [0.1, 0.15) is 5.69 Å². The smallest absolute Gasteiger partial charge is 0.278 e. The van der Waals surface area contributed by atoms with Crippen LogP contribution in [-0.4, -0.2) is 33.0 Å². The average molecular weight is 245 g/mol. The van der Waals surface area contributed by atoms with Crippen molar-refractivity contribution in [2.45, 2.75) is 6.04 Å². The SMILES string of the molecule is O=[N+]([O-])c1ccccc1-c1cn(C2CNC2)nn1. The molecule has 1 N–H and O–H groups in total. The van der Waals surface area contributed by atoms with Crippen molar-refractivity contribution >= 4 is 5.69 Å². The molecule has 0 saturated carbocycles. The van der Waals surface area contributed by atoms with Gasteiger partial charge < -0.3 is 5.32 Å². The summed E-state index contributed by atoms with van der Waals surface area (Å²) in [6.45, 7) is 1.72. The highest BCUT2D eigenvalue weighted by Crippen LogP contribution is 2.28. The lowest BCUT2D eigenvalue weighted by Gasteiger charge is -2.26. The zero-order chi connectivity index (χ0) is 12.5. The van der Waals surface area contributed by atoms with E-state index in [2.05, 4.69) is 15.6 Å². The third-order valence-corrected chi connectivity index (χ3v) is 3.02. The third-order valence-electron chi connectivity index (χ3n) is 3.02. The molecule has 18 heavy (non-hydrogen) atoms. The molecule has 1 aromatic heterocycles. The number of nitrogens with one attached hydrogen (secondary N) is 1. The summed E-state index contributed by atoms with van der Waals surface area (Å²) in [7, 11) is 0. The summed E-state index contributed by atoms with van der Waals surface area (Å²) in [6.07, 6.45) is 1.76. The molecule has 1 saturated heterocycles. The Morgan fingerprint density at radius 1 is 1.39 bits per heavy atom. The topological polar surface area (TPSA) is 85.9 Å². The van der Waals surface area contributed by atoms with E-state index in [4.69, 9.17) is 0 Å². The molecule has 2 heterocycles. The molecule has 92 valence electrons. The molecule has 0 atom stereocenters. The summed E-state index contributed by atoms with van der Waals surface area (Å²) in [5.74, 6) is 0. The van der Waals surface area contributed by atoms with Crippen molar-refractivity contribution in [2.24, 2.45) is 0 Å². The molecule has 0 bridgehead atoms. The average Bonchev–Trinajstić information content (AvgIpc) is 2.76. The van der Waals surface area contributed by atoms with Crippen LogP contribution in [0.3, 0.4) is 0 Å². The van der Waals surface area contributed by atoms with E-state index in [1.165, 1.54) is 6.07 Å². The lowest BCUT2D eigenvalue weighted by Crippen LogP contribution is -2.43. The Balaban J connectivity index is 1.99. The van der Waals surface area contributed by atoms with Crippen LogP contribution in [0.1, 0.15) is 6.04 Å². The first-order valence-electron chi connectivity index (χ1n) is 5.62. The molecular formula is C11H11N5O2. The highest BCUT2D eigenvalue weighted by atomic mass is 16.6. The summed E-state index contributed by atoms with van der Waals surface area (Å²) in [5, 5.41) is 22.1. The Kier molecular flexibility index (Phi) is 2.52. The normalized spacial score (nSPS) is 15.3. The summed E-state index contributed by atoms with van der Waals surface area (Å²) in [5.41, 5.74) is 1.09. The maximum Gasteiger partial charge on any atom is 0.278 e. The van der Waals surface area contributed by atoms with Crippen molar-refractivity contribution in [3.8, 4) is 11.3 Å². The molecule has 1 fully saturated rings. The predicted octanol–water partition coefficient (Wildman–Crippen LogP) is 0.998. The van der Waals surface area contributed by atoms with Gasteiger partial charge >= 0.3 is 0 Å². The second-order valence-electron chi connectivity index (χ2n) is 4.17. The van der Waals surface area contributed by atoms with Gasteiger partial charge in [-0.05, 0) is 6.07 Å². The fourth-order valence-corrected chi connectivity index (χ4v) is 1.89. The standard InChI is InChI=1S/C11H11N5O2/c17-16(18)11-4-2-1-3-9(11)10-7-15(14-13-10)8-5-12-6-8/h1-4,7-8,12H,5-6H2. The van der Waals surface area contributed by atoms with E-state index < -0.39 is 4.92 Å². The van der Waals surface area contributed by atoms with Gasteiger partial charge in [0, 0.05) is 19.2 Å². The van der Waals surface area contributed by atoms with E-state index in [0.717, 1.165) is 13.1 Å². The number of nitrogens with zero attached hydrogens (tertiary/aromatic N) is 4. The van der Waals surface area contributed by atoms with Gasteiger partial charge in [-0.1, -0.05) is 17.3 Å². The number of aromatic nitrogens is 3. The van der Waals surface area contributed by atoms with Gasteiger partial charge in [0.15, 0.2) is 0 Å². The van der Waals surface area contributed by atoms with Crippen LogP contribution in [0.15, 0.2) is 30.5 Å². The fourth-order valence-electron chi connectivity index (χ4n) is 1.89. The Bertz CT molecular complexity index is 591. The molecule has 2 aromatic rings. The van der Waals surface area contributed by atoms with Crippen LogP contribution in [-0.2, 0) is 0 Å². The number of para-hydroxylation sites is 1. The zero-order valence-corrected chi connectivity index (χ0v) is 9.48. The quantitative estimate of drug-likeness (QED) is 0.644. The van der Waals surface area contributed by atoms with Crippen LogP contribution in [0.4, 0.5) is 5.69 Å². The van der Waals surface area contributed by atoms with E-state index in [1.54, 1.807) is 29.1 Å². The number of hydrogen-bond acceptors (Lipinski definition) is 5. The van der Waals surface area contributed by atoms with Crippen LogP contribution < -0.4 is 5.32 Å². The number of rotatable bonds is 3. The minimum absolute atomic E-state index is 0.0521. The number of nitro groups is 1. The van der Waals surface area contributed by atoms with Crippen LogP contribution in [0.25, 0.3) is 11.3 Å². The monoisotopic (exact) mass is 245 g/mol. The molecule has 0 unspecified atom stereocenters. The maximum atomic E-state index is 10.9. The summed E-state index contributed by atoms with van der Waals surface area (Å²) < 4.78 is 1.75. The number of benzene rings is 1. The highest BCUT2D eigenvalue weighted by Gasteiger charge is 2.22. The second-order valence-corrected chi connectivity index (χ2v) is 4.17. The lowest BCUT2D eigenvalue weighted by atomic mass is 10.1. The van der Waals surface area contributed by atoms with Crippen molar-refractivity contribution in [3.05, 3.63) is 40.6 Å². The van der Waals surface area contributed by atoms with Gasteiger partial charge in [-0.2, -0.15) is 0 Å². The van der Waals surface area contributed by atoms with Crippen molar-refractivity contribution in [1.82, 2.24) is 20.3 Å². The minimum atomic E-state index is -0.404. The lowest BCUT2D eigenvalue weighted by molar-refractivity contribution is -0.384. The second kappa shape index (κ2) is 4.19. The van der Waals surface area contributed by atoms with Crippen molar-refractivity contribution in [1.29, 1.82) is 0 Å². The van der Waals surface area contributed by atoms with Gasteiger partial charge in [-0.15, -0.1) is 5.10 Å². The molecule has 0 radical (unpaired) electrons. The zero-order valence-electron chi connectivity index (χ0n) is 9.48. The van der Waals surface area contributed by atoms with Gasteiger partial charge in [-0.25, -0.2) is 4.68 Å². The first-order valence-corrected chi connectivity index (χ1v) is 5.62. The minimum Gasteiger partial charge on any atom is -0.312 e. The molecule has 1 aliphatic heterocycles. The van der Waals surface area contributed by atoms with E-state index in [-0.39, 0.29) is 5.69 Å². The van der Waals surface area contributed by atoms with Crippen LogP contribution in [0, 0.1) is 10.1 Å². The molecule has 7 heteroatoms. The van der Waals surface area contributed by atoms with Crippen LogP contribution >= 0.6 is 0 Å². The maximum absolute atomic E-state index is 10.9. The number of hydrogen-bond donors (Lipinski definition) is 1. The van der Waals surface area contributed by atoms with Gasteiger partial charge in [0.05, 0.1) is 22.7 Å². The Labute approximate surface area is 103 Å². The molecule has 7 nitrogen and oxygen atoms in total. The summed E-state index contributed by atoms with van der Waals surface area (Å²) in [4.78, 5) is 10.5. The largest absolute Gasteiger partial charge is 0.312 e.